The van der Waals surface area contributed by atoms with Crippen molar-refractivity contribution in [2.45, 2.75) is 56.9 Å². The molecule has 2 nitrogen and oxygen atoms in total. The summed E-state index contributed by atoms with van der Waals surface area (Å²) in [5, 5.41) is 10.4. The third-order valence-electron chi connectivity index (χ3n) is 6.27. The third-order valence-corrected chi connectivity index (χ3v) is 6.80. The third kappa shape index (κ3) is 5.25. The molecule has 2 aromatic carbocycles. The molecule has 2 aromatic rings. The van der Waals surface area contributed by atoms with Gasteiger partial charge in [0.05, 0.1) is 11.5 Å². The summed E-state index contributed by atoms with van der Waals surface area (Å²) in [6.07, 6.45) is 8.20. The van der Waals surface area contributed by atoms with Crippen molar-refractivity contribution < 1.29 is 0 Å². The molecule has 1 saturated carbocycles. The highest BCUT2D eigenvalue weighted by Crippen LogP contribution is 2.44. The monoisotopic (exact) mass is 438 g/mol. The van der Waals surface area contributed by atoms with Gasteiger partial charge in [0.1, 0.15) is 0 Å². The van der Waals surface area contributed by atoms with E-state index in [-0.39, 0.29) is 5.41 Å². The van der Waals surface area contributed by atoms with Crippen LogP contribution in [0.5, 0.6) is 0 Å². The quantitative estimate of drug-likeness (QED) is 0.458. The van der Waals surface area contributed by atoms with Crippen LogP contribution in [-0.2, 0) is 12.0 Å². The Morgan fingerprint density at radius 2 is 1.71 bits per heavy atom. The Bertz CT molecular complexity index is 759. The second kappa shape index (κ2) is 10.2. The van der Waals surface area contributed by atoms with Crippen molar-refractivity contribution in [2.24, 2.45) is 5.92 Å². The van der Waals surface area contributed by atoms with Crippen molar-refractivity contribution in [3.63, 3.8) is 0 Å². The number of hydrogen-bond donors (Lipinski definition) is 0. The fourth-order valence-corrected chi connectivity index (χ4v) is 5.00. The molecule has 0 aromatic heterocycles. The number of rotatable bonds is 8. The molecule has 3 rings (SSSR count). The molecule has 0 spiro atoms. The van der Waals surface area contributed by atoms with Crippen molar-refractivity contribution in [1.82, 2.24) is 4.90 Å². The highest BCUT2D eigenvalue weighted by Gasteiger charge is 2.40. The molecule has 0 aliphatic heterocycles. The number of nitrogens with zero attached hydrogens (tertiary/aromatic N) is 2. The minimum atomic E-state index is -0.352. The Hall–Kier alpha value is -1.63. The predicted molar refractivity (Wildman–Crippen MR) is 120 cm³/mol. The van der Waals surface area contributed by atoms with Gasteiger partial charge in [0.25, 0.3) is 0 Å². The van der Waals surface area contributed by atoms with E-state index in [4.69, 9.17) is 0 Å². The second-order valence-electron chi connectivity index (χ2n) is 8.25. The highest BCUT2D eigenvalue weighted by molar-refractivity contribution is 9.10. The maximum atomic E-state index is 10.4. The van der Waals surface area contributed by atoms with Crippen LogP contribution < -0.4 is 0 Å². The second-order valence-corrected chi connectivity index (χ2v) is 9.17. The van der Waals surface area contributed by atoms with Gasteiger partial charge in [-0.05, 0) is 68.5 Å². The fourth-order valence-electron chi connectivity index (χ4n) is 4.74. The van der Waals surface area contributed by atoms with E-state index >= 15 is 0 Å². The Morgan fingerprint density at radius 1 is 1.04 bits per heavy atom. The minimum absolute atomic E-state index is 0.352. The molecule has 148 valence electrons. The van der Waals surface area contributed by atoms with E-state index < -0.39 is 0 Å². The molecular formula is C25H31BrN2. The smallest absolute Gasteiger partial charge is 0.0850 e. The Morgan fingerprint density at radius 3 is 2.36 bits per heavy atom. The first kappa shape index (κ1) is 21.1. The van der Waals surface area contributed by atoms with Crippen LogP contribution in [-0.4, -0.2) is 18.5 Å². The van der Waals surface area contributed by atoms with Crippen LogP contribution in [0.15, 0.2) is 59.1 Å². The maximum Gasteiger partial charge on any atom is 0.0850 e. The zero-order valence-electron chi connectivity index (χ0n) is 16.9. The molecule has 1 atom stereocenters. The summed E-state index contributed by atoms with van der Waals surface area (Å²) in [6.45, 7) is 1.98. The van der Waals surface area contributed by atoms with Crippen LogP contribution in [0, 0.1) is 17.2 Å². The normalized spacial score (nSPS) is 17.2. The van der Waals surface area contributed by atoms with Gasteiger partial charge >= 0.3 is 0 Å². The van der Waals surface area contributed by atoms with Gasteiger partial charge in [-0.2, -0.15) is 5.26 Å². The molecule has 0 bridgehead atoms. The van der Waals surface area contributed by atoms with E-state index in [2.05, 4.69) is 88.5 Å². The average molecular weight is 439 g/mol. The highest BCUT2D eigenvalue weighted by atomic mass is 79.9. The Balaban J connectivity index is 1.70. The lowest BCUT2D eigenvalue weighted by molar-refractivity contribution is 0.223. The first-order valence-electron chi connectivity index (χ1n) is 10.5. The summed E-state index contributed by atoms with van der Waals surface area (Å²) in [5.41, 5.74) is 2.20. The number of hydrogen-bond acceptors (Lipinski definition) is 2. The molecule has 0 amide bonds. The maximum absolute atomic E-state index is 10.4. The van der Waals surface area contributed by atoms with E-state index in [1.165, 1.54) is 43.2 Å². The summed E-state index contributed by atoms with van der Waals surface area (Å²) >= 11 is 3.54. The van der Waals surface area contributed by atoms with Crippen LogP contribution in [0.25, 0.3) is 0 Å². The summed E-state index contributed by atoms with van der Waals surface area (Å²) in [4.78, 5) is 2.37. The van der Waals surface area contributed by atoms with Gasteiger partial charge in [-0.3, -0.25) is 0 Å². The Kier molecular flexibility index (Phi) is 7.71. The summed E-state index contributed by atoms with van der Waals surface area (Å²) in [7, 11) is 2.18. The van der Waals surface area contributed by atoms with E-state index in [0.717, 1.165) is 30.4 Å². The molecule has 1 aliphatic carbocycles. The lowest BCUT2D eigenvalue weighted by Crippen LogP contribution is -2.36. The molecule has 1 aliphatic rings. The van der Waals surface area contributed by atoms with E-state index in [9.17, 15) is 5.26 Å². The molecule has 1 fully saturated rings. The van der Waals surface area contributed by atoms with E-state index in [1.54, 1.807) is 0 Å². The standard InChI is InChI=1S/C25H31BrN2/c1-28(19-21-9-4-2-5-10-21)18-8-17-25(20-27,22-11-6-3-7-12-22)23-13-15-24(26)16-14-23/h2,4-5,9-10,13-16,22H,3,6-8,11-12,17-19H2,1H3. The van der Waals surface area contributed by atoms with Crippen molar-refractivity contribution in [1.29, 1.82) is 5.26 Å². The van der Waals surface area contributed by atoms with Gasteiger partial charge in [-0.15, -0.1) is 0 Å². The van der Waals surface area contributed by atoms with Crippen molar-refractivity contribution in [2.75, 3.05) is 13.6 Å². The van der Waals surface area contributed by atoms with Gasteiger partial charge in [0.2, 0.25) is 0 Å². The van der Waals surface area contributed by atoms with Crippen LogP contribution in [0.2, 0.25) is 0 Å². The first-order chi connectivity index (χ1) is 13.6. The lowest BCUT2D eigenvalue weighted by atomic mass is 9.63. The minimum Gasteiger partial charge on any atom is -0.302 e. The zero-order chi connectivity index (χ0) is 19.8. The SMILES string of the molecule is CN(CCCC(C#N)(c1ccc(Br)cc1)C1CCCCC1)Cc1ccccc1. The molecule has 0 saturated heterocycles. The molecule has 0 N–H and O–H groups in total. The number of nitriles is 1. The molecule has 1 unspecified atom stereocenters. The van der Waals surface area contributed by atoms with E-state index in [0.29, 0.717) is 5.92 Å². The zero-order valence-corrected chi connectivity index (χ0v) is 18.5. The van der Waals surface area contributed by atoms with Crippen molar-refractivity contribution in [3.8, 4) is 6.07 Å². The molecule has 3 heteroatoms. The molecule has 0 heterocycles. The number of benzene rings is 2. The van der Waals surface area contributed by atoms with Gasteiger partial charge in [0.15, 0.2) is 0 Å². The summed E-state index contributed by atoms with van der Waals surface area (Å²) < 4.78 is 1.08. The summed E-state index contributed by atoms with van der Waals surface area (Å²) in [6, 6.07) is 21.9. The van der Waals surface area contributed by atoms with Crippen molar-refractivity contribution >= 4 is 15.9 Å². The van der Waals surface area contributed by atoms with Crippen LogP contribution in [0.1, 0.15) is 56.1 Å². The molecule has 28 heavy (non-hydrogen) atoms. The van der Waals surface area contributed by atoms with Gasteiger partial charge in [0, 0.05) is 11.0 Å². The fraction of sp³-hybridized carbons (Fsp3) is 0.480. The number of halogens is 1. The summed E-state index contributed by atoms with van der Waals surface area (Å²) in [5.74, 6) is 0.479. The average Bonchev–Trinajstić information content (AvgIpc) is 2.73. The van der Waals surface area contributed by atoms with Crippen molar-refractivity contribution in [3.05, 3.63) is 70.2 Å². The molecular weight excluding hydrogens is 408 g/mol. The topological polar surface area (TPSA) is 27.0 Å². The van der Waals surface area contributed by atoms with Gasteiger partial charge < -0.3 is 4.90 Å². The van der Waals surface area contributed by atoms with Crippen LogP contribution in [0.4, 0.5) is 0 Å². The Labute approximate surface area is 178 Å². The predicted octanol–water partition coefficient (Wildman–Crippen LogP) is 6.70. The van der Waals surface area contributed by atoms with Gasteiger partial charge in [-0.25, -0.2) is 0 Å². The lowest BCUT2D eigenvalue weighted by Gasteiger charge is -2.38. The first-order valence-corrected chi connectivity index (χ1v) is 11.3. The van der Waals surface area contributed by atoms with Crippen LogP contribution in [0.3, 0.4) is 0 Å². The molecule has 0 radical (unpaired) electrons. The van der Waals surface area contributed by atoms with E-state index in [1.807, 2.05) is 0 Å². The van der Waals surface area contributed by atoms with Gasteiger partial charge in [-0.1, -0.05) is 77.7 Å². The largest absolute Gasteiger partial charge is 0.302 e. The van der Waals surface area contributed by atoms with Crippen LogP contribution >= 0.6 is 15.9 Å².